The SMILES string of the molecule is COc1ccc(C=C2C(=O)C3CCN2CC3)cc1.COc1ccc(C=O)cc1. The van der Waals surface area contributed by atoms with Crippen LogP contribution in [0, 0.1) is 5.92 Å². The van der Waals surface area contributed by atoms with E-state index in [2.05, 4.69) is 4.90 Å². The van der Waals surface area contributed by atoms with Crippen LogP contribution in [0.2, 0.25) is 0 Å². The molecule has 3 aliphatic rings. The first kappa shape index (κ1) is 19.7. The summed E-state index contributed by atoms with van der Waals surface area (Å²) in [7, 11) is 3.25. The number of benzene rings is 2. The summed E-state index contributed by atoms with van der Waals surface area (Å²) < 4.78 is 10.0. The standard InChI is InChI=1S/C15H17NO2.C8H8O2/c1-18-13-4-2-11(3-5-13)10-14-15(17)12-6-8-16(14)9-7-12;1-10-8-4-2-7(6-9)3-5-8/h2-5,10,12H,6-9H2,1H3;2-6H,1H3. The maximum Gasteiger partial charge on any atom is 0.182 e. The first-order chi connectivity index (χ1) is 13.6. The molecule has 146 valence electrons. The second kappa shape index (κ2) is 9.22. The van der Waals surface area contributed by atoms with Gasteiger partial charge in [-0.05, 0) is 60.9 Å². The summed E-state index contributed by atoms with van der Waals surface area (Å²) in [5.74, 6) is 2.20. The number of carbonyl (C=O) groups excluding carboxylic acids is 2. The number of ether oxygens (including phenoxy) is 2. The molecule has 3 saturated heterocycles. The Hall–Kier alpha value is -3.08. The molecule has 2 bridgehead atoms. The lowest BCUT2D eigenvalue weighted by atomic mass is 9.84. The Labute approximate surface area is 165 Å². The number of carbonyl (C=O) groups is 2. The number of piperidine rings is 3. The maximum atomic E-state index is 12.2. The van der Waals surface area contributed by atoms with Crippen LogP contribution in [0.25, 0.3) is 6.08 Å². The fourth-order valence-electron chi connectivity index (χ4n) is 3.45. The van der Waals surface area contributed by atoms with Crippen LogP contribution in [-0.4, -0.2) is 44.3 Å². The van der Waals surface area contributed by atoms with Gasteiger partial charge in [0.05, 0.1) is 19.9 Å². The quantitative estimate of drug-likeness (QED) is 0.597. The van der Waals surface area contributed by atoms with Crippen molar-refractivity contribution in [3.63, 3.8) is 0 Å². The van der Waals surface area contributed by atoms with Crippen LogP contribution in [-0.2, 0) is 4.79 Å². The number of aldehydes is 1. The van der Waals surface area contributed by atoms with Crippen molar-refractivity contribution in [2.75, 3.05) is 27.3 Å². The Morgan fingerprint density at radius 2 is 1.36 bits per heavy atom. The first-order valence-electron chi connectivity index (χ1n) is 9.38. The third-order valence-corrected chi connectivity index (χ3v) is 5.13. The predicted molar refractivity (Wildman–Crippen MR) is 109 cm³/mol. The van der Waals surface area contributed by atoms with E-state index in [4.69, 9.17) is 9.47 Å². The Kier molecular flexibility index (Phi) is 6.48. The van der Waals surface area contributed by atoms with Gasteiger partial charge in [0.25, 0.3) is 0 Å². The summed E-state index contributed by atoms with van der Waals surface area (Å²) in [5, 5.41) is 0. The van der Waals surface area contributed by atoms with E-state index in [0.29, 0.717) is 11.3 Å². The number of fused-ring (bicyclic) bond motifs is 3. The van der Waals surface area contributed by atoms with Crippen molar-refractivity contribution in [3.05, 3.63) is 65.4 Å². The number of Topliss-reactive ketones (excluding diaryl/α,β-unsaturated/α-hetero) is 1. The highest BCUT2D eigenvalue weighted by Crippen LogP contribution is 2.32. The third-order valence-electron chi connectivity index (χ3n) is 5.13. The summed E-state index contributed by atoms with van der Waals surface area (Å²) in [6.45, 7) is 2.05. The van der Waals surface area contributed by atoms with Gasteiger partial charge < -0.3 is 14.4 Å². The summed E-state index contributed by atoms with van der Waals surface area (Å²) in [6.07, 6.45) is 4.87. The molecule has 3 fully saturated rings. The number of hydrogen-bond acceptors (Lipinski definition) is 5. The van der Waals surface area contributed by atoms with Gasteiger partial charge in [0.1, 0.15) is 17.8 Å². The molecular formula is C23H25NO4. The minimum atomic E-state index is 0.263. The summed E-state index contributed by atoms with van der Waals surface area (Å²) in [4.78, 5) is 24.6. The summed E-state index contributed by atoms with van der Waals surface area (Å²) in [5.41, 5.74) is 2.62. The van der Waals surface area contributed by atoms with Gasteiger partial charge in [-0.3, -0.25) is 9.59 Å². The van der Waals surface area contributed by atoms with Crippen LogP contribution in [0.1, 0.15) is 28.8 Å². The van der Waals surface area contributed by atoms with Gasteiger partial charge in [-0.25, -0.2) is 0 Å². The molecule has 0 aliphatic carbocycles. The Morgan fingerprint density at radius 1 is 0.857 bits per heavy atom. The Bertz CT molecular complexity index is 832. The molecule has 28 heavy (non-hydrogen) atoms. The lowest BCUT2D eigenvalue weighted by molar-refractivity contribution is -0.125. The van der Waals surface area contributed by atoms with E-state index in [9.17, 15) is 9.59 Å². The number of methoxy groups -OCH3 is 2. The average Bonchev–Trinajstić information content (AvgIpc) is 2.77. The van der Waals surface area contributed by atoms with Crippen LogP contribution in [0.3, 0.4) is 0 Å². The van der Waals surface area contributed by atoms with Crippen molar-refractivity contribution in [3.8, 4) is 11.5 Å². The molecule has 0 N–H and O–H groups in total. The zero-order valence-electron chi connectivity index (χ0n) is 16.3. The highest BCUT2D eigenvalue weighted by Gasteiger charge is 2.36. The van der Waals surface area contributed by atoms with Gasteiger partial charge in [-0.1, -0.05) is 12.1 Å². The molecule has 3 heterocycles. The van der Waals surface area contributed by atoms with E-state index in [1.807, 2.05) is 30.3 Å². The summed E-state index contributed by atoms with van der Waals surface area (Å²) in [6, 6.07) is 14.8. The van der Waals surface area contributed by atoms with E-state index >= 15 is 0 Å². The van der Waals surface area contributed by atoms with Crippen LogP contribution in [0.4, 0.5) is 0 Å². The van der Waals surface area contributed by atoms with Gasteiger partial charge in [0, 0.05) is 24.6 Å². The largest absolute Gasteiger partial charge is 0.497 e. The van der Waals surface area contributed by atoms with Gasteiger partial charge in [-0.15, -0.1) is 0 Å². The second-order valence-corrected chi connectivity index (χ2v) is 6.82. The van der Waals surface area contributed by atoms with Gasteiger partial charge in [-0.2, -0.15) is 0 Å². The van der Waals surface area contributed by atoms with Crippen LogP contribution >= 0.6 is 0 Å². The van der Waals surface area contributed by atoms with Crippen LogP contribution < -0.4 is 9.47 Å². The van der Waals surface area contributed by atoms with Gasteiger partial charge in [0.2, 0.25) is 0 Å². The van der Waals surface area contributed by atoms with Crippen molar-refractivity contribution < 1.29 is 19.1 Å². The van der Waals surface area contributed by atoms with Crippen molar-refractivity contribution in [2.45, 2.75) is 12.8 Å². The number of allylic oxidation sites excluding steroid dienone is 1. The number of hydrogen-bond donors (Lipinski definition) is 0. The fraction of sp³-hybridized carbons (Fsp3) is 0.304. The lowest BCUT2D eigenvalue weighted by Crippen LogP contribution is -2.45. The minimum Gasteiger partial charge on any atom is -0.497 e. The monoisotopic (exact) mass is 379 g/mol. The Morgan fingerprint density at radius 3 is 1.79 bits per heavy atom. The molecule has 0 aromatic heterocycles. The topological polar surface area (TPSA) is 55.8 Å². The molecule has 0 spiro atoms. The van der Waals surface area contributed by atoms with E-state index in [-0.39, 0.29) is 5.92 Å². The van der Waals surface area contributed by atoms with Gasteiger partial charge in [0.15, 0.2) is 5.78 Å². The molecule has 5 rings (SSSR count). The minimum absolute atomic E-state index is 0.263. The second-order valence-electron chi connectivity index (χ2n) is 6.82. The average molecular weight is 379 g/mol. The van der Waals surface area contributed by atoms with E-state index in [0.717, 1.165) is 55.0 Å². The highest BCUT2D eigenvalue weighted by atomic mass is 16.5. The van der Waals surface area contributed by atoms with E-state index in [1.54, 1.807) is 38.5 Å². The smallest absolute Gasteiger partial charge is 0.182 e. The first-order valence-corrected chi connectivity index (χ1v) is 9.38. The molecule has 5 heteroatoms. The van der Waals surface area contributed by atoms with Crippen molar-refractivity contribution in [2.24, 2.45) is 5.92 Å². The molecular weight excluding hydrogens is 354 g/mol. The predicted octanol–water partition coefficient (Wildman–Crippen LogP) is 3.84. The van der Waals surface area contributed by atoms with Crippen molar-refractivity contribution in [1.29, 1.82) is 0 Å². The van der Waals surface area contributed by atoms with E-state index in [1.165, 1.54) is 0 Å². The number of nitrogens with zero attached hydrogens (tertiary/aromatic N) is 1. The van der Waals surface area contributed by atoms with Crippen molar-refractivity contribution in [1.82, 2.24) is 4.90 Å². The molecule has 0 saturated carbocycles. The maximum absolute atomic E-state index is 12.2. The van der Waals surface area contributed by atoms with Gasteiger partial charge >= 0.3 is 0 Å². The lowest BCUT2D eigenvalue weighted by Gasteiger charge is -2.41. The number of ketones is 1. The summed E-state index contributed by atoms with van der Waals surface area (Å²) >= 11 is 0. The molecule has 0 radical (unpaired) electrons. The molecule has 2 aromatic rings. The third kappa shape index (κ3) is 4.60. The molecule has 5 nitrogen and oxygen atoms in total. The van der Waals surface area contributed by atoms with Crippen LogP contribution in [0.15, 0.2) is 54.2 Å². The zero-order valence-corrected chi connectivity index (χ0v) is 16.3. The number of rotatable bonds is 4. The Balaban J connectivity index is 0.000000192. The molecule has 0 amide bonds. The highest BCUT2D eigenvalue weighted by molar-refractivity contribution is 6.01. The fourth-order valence-corrected chi connectivity index (χ4v) is 3.45. The molecule has 2 aromatic carbocycles. The van der Waals surface area contributed by atoms with Crippen LogP contribution in [0.5, 0.6) is 11.5 Å². The normalized spacial score (nSPS) is 17.1. The molecule has 0 unspecified atom stereocenters. The molecule has 0 atom stereocenters. The zero-order chi connectivity index (χ0) is 19.9. The van der Waals surface area contributed by atoms with Crippen molar-refractivity contribution >= 4 is 18.1 Å². The molecule has 3 aliphatic heterocycles. The van der Waals surface area contributed by atoms with E-state index < -0.39 is 0 Å².